The Morgan fingerprint density at radius 3 is 2.70 bits per heavy atom. The third-order valence-electron chi connectivity index (χ3n) is 3.25. The molecule has 23 heavy (non-hydrogen) atoms. The molecule has 2 aromatic rings. The molecular formula is C16H18F2N2OS2. The summed E-state index contributed by atoms with van der Waals surface area (Å²) in [6.45, 7) is 0.505. The number of likely N-dealkylation sites (N-methyl/N-ethyl adjacent to an activating group) is 1. The van der Waals surface area contributed by atoms with E-state index in [2.05, 4.69) is 10.2 Å². The van der Waals surface area contributed by atoms with Gasteiger partial charge in [-0.25, -0.2) is 8.78 Å². The lowest BCUT2D eigenvalue weighted by Crippen LogP contribution is -2.35. The maximum atomic E-state index is 13.1. The number of thiophene rings is 1. The van der Waals surface area contributed by atoms with Crippen molar-refractivity contribution in [3.63, 3.8) is 0 Å². The summed E-state index contributed by atoms with van der Waals surface area (Å²) in [6.07, 6.45) is 0. The van der Waals surface area contributed by atoms with Crippen molar-refractivity contribution in [3.8, 4) is 0 Å². The number of benzene rings is 1. The van der Waals surface area contributed by atoms with E-state index in [1.165, 1.54) is 22.7 Å². The predicted molar refractivity (Wildman–Crippen MR) is 90.8 cm³/mol. The molecule has 7 heteroatoms. The minimum atomic E-state index is -0.902. The van der Waals surface area contributed by atoms with Crippen molar-refractivity contribution in [2.75, 3.05) is 26.4 Å². The number of carbonyl (C=O) groups excluding carboxylic acids is 1. The quantitative estimate of drug-likeness (QED) is 0.770. The van der Waals surface area contributed by atoms with Crippen molar-refractivity contribution < 1.29 is 13.6 Å². The van der Waals surface area contributed by atoms with Crippen LogP contribution in [0.5, 0.6) is 0 Å². The second kappa shape index (κ2) is 8.42. The zero-order chi connectivity index (χ0) is 16.8. The van der Waals surface area contributed by atoms with Gasteiger partial charge in [0.05, 0.1) is 11.8 Å². The van der Waals surface area contributed by atoms with Gasteiger partial charge in [0.25, 0.3) is 0 Å². The van der Waals surface area contributed by atoms with Gasteiger partial charge in [-0.2, -0.15) is 0 Å². The van der Waals surface area contributed by atoms with Crippen LogP contribution in [0.1, 0.15) is 10.9 Å². The summed E-state index contributed by atoms with van der Waals surface area (Å²) in [4.78, 5) is 15.7. The summed E-state index contributed by atoms with van der Waals surface area (Å²) < 4.78 is 26.0. The first kappa shape index (κ1) is 17.9. The number of nitrogens with one attached hydrogen (secondary N) is 1. The second-order valence-electron chi connectivity index (χ2n) is 5.16. The summed E-state index contributed by atoms with van der Waals surface area (Å²) in [7, 11) is 3.93. The molecule has 1 heterocycles. The molecule has 0 radical (unpaired) electrons. The van der Waals surface area contributed by atoms with E-state index in [0.717, 1.165) is 12.1 Å². The third kappa shape index (κ3) is 5.30. The number of hydrogen-bond acceptors (Lipinski definition) is 4. The van der Waals surface area contributed by atoms with Gasteiger partial charge in [0.2, 0.25) is 5.91 Å². The molecule has 1 amide bonds. The van der Waals surface area contributed by atoms with Crippen molar-refractivity contribution in [2.24, 2.45) is 0 Å². The zero-order valence-electron chi connectivity index (χ0n) is 12.9. The Bertz CT molecular complexity index is 648. The van der Waals surface area contributed by atoms with Crippen molar-refractivity contribution >= 4 is 29.0 Å². The molecule has 1 unspecified atom stereocenters. The molecule has 0 saturated carbocycles. The Kier molecular flexibility index (Phi) is 6.56. The van der Waals surface area contributed by atoms with Crippen LogP contribution in [0.25, 0.3) is 0 Å². The van der Waals surface area contributed by atoms with E-state index in [0.29, 0.717) is 11.4 Å². The molecule has 124 valence electrons. The van der Waals surface area contributed by atoms with Gasteiger partial charge in [-0.15, -0.1) is 23.1 Å². The van der Waals surface area contributed by atoms with E-state index in [-0.39, 0.29) is 17.7 Å². The minimum Gasteiger partial charge on any atom is -0.353 e. The zero-order valence-corrected chi connectivity index (χ0v) is 14.5. The Morgan fingerprint density at radius 1 is 1.30 bits per heavy atom. The van der Waals surface area contributed by atoms with Gasteiger partial charge in [0, 0.05) is 16.3 Å². The molecule has 3 nitrogen and oxygen atoms in total. The average molecular weight is 356 g/mol. The maximum absolute atomic E-state index is 13.1. The highest BCUT2D eigenvalue weighted by Gasteiger charge is 2.16. The standard InChI is InChI=1S/C16H18F2N2OS2/c1-20(2)14(15-4-3-7-22-15)9-19-16(21)10-23-11-5-6-12(17)13(18)8-11/h3-8,14H,9-10H2,1-2H3,(H,19,21). The summed E-state index contributed by atoms with van der Waals surface area (Å²) >= 11 is 2.83. The molecule has 0 spiro atoms. The smallest absolute Gasteiger partial charge is 0.230 e. The predicted octanol–water partition coefficient (Wildman–Crippen LogP) is 3.54. The van der Waals surface area contributed by atoms with Crippen LogP contribution in [0.3, 0.4) is 0 Å². The van der Waals surface area contributed by atoms with Crippen LogP contribution in [0.15, 0.2) is 40.6 Å². The molecule has 1 atom stereocenters. The number of amides is 1. The molecule has 0 aliphatic heterocycles. The van der Waals surface area contributed by atoms with Gasteiger partial charge in [-0.1, -0.05) is 6.07 Å². The first-order chi connectivity index (χ1) is 11.0. The highest BCUT2D eigenvalue weighted by atomic mass is 32.2. The molecule has 0 aliphatic carbocycles. The van der Waals surface area contributed by atoms with E-state index in [4.69, 9.17) is 0 Å². The van der Waals surface area contributed by atoms with Crippen LogP contribution in [0, 0.1) is 11.6 Å². The Morgan fingerprint density at radius 2 is 2.09 bits per heavy atom. The van der Waals surface area contributed by atoms with Gasteiger partial charge in [0.15, 0.2) is 11.6 Å². The summed E-state index contributed by atoms with van der Waals surface area (Å²) in [5, 5.41) is 4.89. The van der Waals surface area contributed by atoms with Crippen LogP contribution in [-0.2, 0) is 4.79 Å². The fourth-order valence-electron chi connectivity index (χ4n) is 2.00. The lowest BCUT2D eigenvalue weighted by Gasteiger charge is -2.23. The molecule has 0 fully saturated rings. The average Bonchev–Trinajstić information content (AvgIpc) is 3.02. The van der Waals surface area contributed by atoms with Gasteiger partial charge in [0.1, 0.15) is 0 Å². The van der Waals surface area contributed by atoms with Crippen molar-refractivity contribution in [3.05, 3.63) is 52.2 Å². The highest BCUT2D eigenvalue weighted by Crippen LogP contribution is 2.23. The molecule has 1 aromatic heterocycles. The Hall–Kier alpha value is -1.44. The second-order valence-corrected chi connectivity index (χ2v) is 7.19. The maximum Gasteiger partial charge on any atom is 0.230 e. The van der Waals surface area contributed by atoms with Crippen molar-refractivity contribution in [1.29, 1.82) is 0 Å². The van der Waals surface area contributed by atoms with Crippen LogP contribution in [0.2, 0.25) is 0 Å². The number of rotatable bonds is 7. The van der Waals surface area contributed by atoms with Gasteiger partial charge in [-0.3, -0.25) is 4.79 Å². The first-order valence-electron chi connectivity index (χ1n) is 7.01. The topological polar surface area (TPSA) is 32.3 Å². The molecular weight excluding hydrogens is 338 g/mol. The molecule has 0 saturated heterocycles. The van der Waals surface area contributed by atoms with Gasteiger partial charge < -0.3 is 10.2 Å². The highest BCUT2D eigenvalue weighted by molar-refractivity contribution is 8.00. The molecule has 0 aliphatic rings. The van der Waals surface area contributed by atoms with Crippen molar-refractivity contribution in [1.82, 2.24) is 10.2 Å². The molecule has 1 N–H and O–H groups in total. The minimum absolute atomic E-state index is 0.118. The van der Waals surface area contributed by atoms with Crippen LogP contribution >= 0.6 is 23.1 Å². The van der Waals surface area contributed by atoms with E-state index in [9.17, 15) is 13.6 Å². The first-order valence-corrected chi connectivity index (χ1v) is 8.88. The summed E-state index contributed by atoms with van der Waals surface area (Å²) in [5.74, 6) is -1.76. The fourth-order valence-corrected chi connectivity index (χ4v) is 3.67. The number of hydrogen-bond donors (Lipinski definition) is 1. The van der Waals surface area contributed by atoms with E-state index in [1.54, 1.807) is 11.3 Å². The third-order valence-corrected chi connectivity index (χ3v) is 5.22. The lowest BCUT2D eigenvalue weighted by molar-refractivity contribution is -0.118. The number of thioether (sulfide) groups is 1. The van der Waals surface area contributed by atoms with E-state index < -0.39 is 11.6 Å². The van der Waals surface area contributed by atoms with Crippen molar-refractivity contribution in [2.45, 2.75) is 10.9 Å². The Labute approximate surface area is 142 Å². The number of nitrogens with zero attached hydrogens (tertiary/aromatic N) is 1. The van der Waals surface area contributed by atoms with Crippen LogP contribution < -0.4 is 5.32 Å². The largest absolute Gasteiger partial charge is 0.353 e. The number of carbonyl (C=O) groups is 1. The Balaban J connectivity index is 1.83. The van der Waals surface area contributed by atoms with Crippen LogP contribution in [-0.4, -0.2) is 37.2 Å². The van der Waals surface area contributed by atoms with E-state index in [1.807, 2.05) is 31.6 Å². The molecule has 2 rings (SSSR count). The SMILES string of the molecule is CN(C)C(CNC(=O)CSc1ccc(F)c(F)c1)c1cccs1. The number of halogens is 2. The van der Waals surface area contributed by atoms with E-state index >= 15 is 0 Å². The molecule has 1 aromatic carbocycles. The summed E-state index contributed by atoms with van der Waals surface area (Å²) in [5.41, 5.74) is 0. The van der Waals surface area contributed by atoms with Gasteiger partial charge in [-0.05, 0) is 43.7 Å². The monoisotopic (exact) mass is 356 g/mol. The van der Waals surface area contributed by atoms with Crippen LogP contribution in [0.4, 0.5) is 8.78 Å². The molecule has 0 bridgehead atoms. The van der Waals surface area contributed by atoms with Gasteiger partial charge >= 0.3 is 0 Å². The lowest BCUT2D eigenvalue weighted by atomic mass is 10.2. The fraction of sp³-hybridized carbons (Fsp3) is 0.312. The summed E-state index contributed by atoms with van der Waals surface area (Å²) in [6, 6.07) is 7.77. The normalized spacial score (nSPS) is 12.4.